The summed E-state index contributed by atoms with van der Waals surface area (Å²) in [6.45, 7) is 4.49. The molecule has 0 unspecified atom stereocenters. The second-order valence-corrected chi connectivity index (χ2v) is 7.24. The van der Waals surface area contributed by atoms with Crippen LogP contribution in [0.25, 0.3) is 0 Å². The maximum absolute atomic E-state index is 12.2. The highest BCUT2D eigenvalue weighted by molar-refractivity contribution is 7.89. The Kier molecular flexibility index (Phi) is 4.73. The van der Waals surface area contributed by atoms with E-state index in [0.717, 1.165) is 25.7 Å². The number of hydrogen-bond acceptors (Lipinski definition) is 4. The van der Waals surface area contributed by atoms with Gasteiger partial charge in [-0.1, -0.05) is 6.92 Å². The molecule has 0 spiro atoms. The molecule has 7 heteroatoms. The Morgan fingerprint density at radius 3 is 2.52 bits per heavy atom. The highest BCUT2D eigenvalue weighted by Gasteiger charge is 2.25. The molecule has 0 bridgehead atoms. The first-order valence-corrected chi connectivity index (χ1v) is 8.79. The summed E-state index contributed by atoms with van der Waals surface area (Å²) in [5, 5.41) is 5.10. The third-order valence-corrected chi connectivity index (χ3v) is 4.87. The first-order valence-electron chi connectivity index (χ1n) is 7.25. The van der Waals surface area contributed by atoms with Gasteiger partial charge in [-0.15, -0.1) is 0 Å². The van der Waals surface area contributed by atoms with Crippen molar-refractivity contribution in [2.24, 2.45) is 11.1 Å². The Balaban J connectivity index is 2.13. The molecule has 2 N–H and O–H groups in total. The molecule has 118 valence electrons. The lowest BCUT2D eigenvalue weighted by atomic mass is 9.89. The van der Waals surface area contributed by atoms with Crippen LogP contribution in [0, 0.1) is 5.92 Å². The Morgan fingerprint density at radius 2 is 2.00 bits per heavy atom. The number of ether oxygens (including phenoxy) is 1. The Labute approximate surface area is 125 Å². The molecule has 1 aromatic rings. The van der Waals surface area contributed by atoms with Crippen LogP contribution < -0.4 is 5.14 Å². The Morgan fingerprint density at radius 1 is 1.38 bits per heavy atom. The number of sulfonamides is 1. The highest BCUT2D eigenvalue weighted by atomic mass is 32.2. The van der Waals surface area contributed by atoms with Crippen molar-refractivity contribution in [1.29, 1.82) is 0 Å². The molecular formula is C14H22N2O4S. The van der Waals surface area contributed by atoms with E-state index >= 15 is 0 Å². The van der Waals surface area contributed by atoms with Gasteiger partial charge in [-0.2, -0.15) is 0 Å². The van der Waals surface area contributed by atoms with Crippen LogP contribution in [0.2, 0.25) is 0 Å². The zero-order chi connectivity index (χ0) is 15.6. The minimum Gasteiger partial charge on any atom is -0.458 e. The number of aryl methyl sites for hydroxylation is 1. The van der Waals surface area contributed by atoms with Gasteiger partial charge in [0.1, 0.15) is 16.7 Å². The fourth-order valence-corrected chi connectivity index (χ4v) is 3.18. The van der Waals surface area contributed by atoms with Gasteiger partial charge >= 0.3 is 5.97 Å². The normalized spacial score (nSPS) is 23.0. The molecule has 2 rings (SSSR count). The summed E-state index contributed by atoms with van der Waals surface area (Å²) < 4.78 is 29.8. The van der Waals surface area contributed by atoms with Crippen LogP contribution in [-0.2, 0) is 21.3 Å². The molecule has 0 amide bonds. The molecule has 1 aromatic heterocycles. The summed E-state index contributed by atoms with van der Waals surface area (Å²) in [6, 6.07) is 1.28. The Hall–Kier alpha value is -1.34. The summed E-state index contributed by atoms with van der Waals surface area (Å²) in [5.41, 5.74) is 0.236. The summed E-state index contributed by atoms with van der Waals surface area (Å²) in [4.78, 5) is 12.2. The van der Waals surface area contributed by atoms with E-state index in [1.807, 2.05) is 6.92 Å². The number of hydrogen-bond donors (Lipinski definition) is 1. The predicted octanol–water partition coefficient (Wildman–Crippen LogP) is 1.89. The molecule has 1 aliphatic carbocycles. The fourth-order valence-electron chi connectivity index (χ4n) is 2.63. The van der Waals surface area contributed by atoms with Gasteiger partial charge < -0.3 is 9.30 Å². The molecular weight excluding hydrogens is 292 g/mol. The molecule has 0 atom stereocenters. The van der Waals surface area contributed by atoms with Gasteiger partial charge in [-0.3, -0.25) is 0 Å². The summed E-state index contributed by atoms with van der Waals surface area (Å²) in [5.74, 6) is 0.194. The van der Waals surface area contributed by atoms with Crippen molar-refractivity contribution >= 4 is 16.0 Å². The lowest BCUT2D eigenvalue weighted by Gasteiger charge is -2.26. The van der Waals surface area contributed by atoms with Gasteiger partial charge in [0, 0.05) is 12.7 Å². The quantitative estimate of drug-likeness (QED) is 0.859. The number of esters is 1. The van der Waals surface area contributed by atoms with Crippen LogP contribution in [0.3, 0.4) is 0 Å². The average Bonchev–Trinajstić information content (AvgIpc) is 2.85. The molecule has 21 heavy (non-hydrogen) atoms. The zero-order valence-corrected chi connectivity index (χ0v) is 13.2. The molecule has 0 aromatic carbocycles. The number of nitrogens with zero attached hydrogens (tertiary/aromatic N) is 1. The third-order valence-electron chi connectivity index (χ3n) is 3.99. The first kappa shape index (κ1) is 16.0. The van der Waals surface area contributed by atoms with E-state index in [4.69, 9.17) is 9.88 Å². The maximum atomic E-state index is 12.2. The number of carbonyl (C=O) groups excluding carboxylic acids is 1. The molecule has 0 saturated heterocycles. The monoisotopic (exact) mass is 314 g/mol. The summed E-state index contributed by atoms with van der Waals surface area (Å²) in [7, 11) is -3.82. The molecule has 1 saturated carbocycles. The number of carbonyl (C=O) groups is 1. The van der Waals surface area contributed by atoms with Crippen LogP contribution in [-0.4, -0.2) is 25.1 Å². The maximum Gasteiger partial charge on any atom is 0.355 e. The van der Waals surface area contributed by atoms with Gasteiger partial charge in [0.2, 0.25) is 10.0 Å². The number of aromatic nitrogens is 1. The van der Waals surface area contributed by atoms with E-state index in [1.165, 1.54) is 12.3 Å². The van der Waals surface area contributed by atoms with Crippen molar-refractivity contribution in [2.75, 3.05) is 0 Å². The topological polar surface area (TPSA) is 91.4 Å². The van der Waals surface area contributed by atoms with Crippen LogP contribution >= 0.6 is 0 Å². The van der Waals surface area contributed by atoms with Gasteiger partial charge in [0.25, 0.3) is 0 Å². The molecule has 1 heterocycles. The van der Waals surface area contributed by atoms with Crippen LogP contribution in [0.15, 0.2) is 17.2 Å². The largest absolute Gasteiger partial charge is 0.458 e. The van der Waals surface area contributed by atoms with Gasteiger partial charge in [0.15, 0.2) is 0 Å². The number of primary sulfonamides is 1. The van der Waals surface area contributed by atoms with Crippen LogP contribution in [0.1, 0.15) is 50.0 Å². The van der Waals surface area contributed by atoms with Crippen molar-refractivity contribution in [2.45, 2.75) is 57.1 Å². The Bertz CT molecular complexity index is 613. The molecule has 0 aliphatic heterocycles. The van der Waals surface area contributed by atoms with Gasteiger partial charge in [-0.05, 0) is 44.6 Å². The molecule has 1 fully saturated rings. The molecule has 1 aliphatic rings. The van der Waals surface area contributed by atoms with E-state index in [2.05, 4.69) is 6.92 Å². The lowest BCUT2D eigenvalue weighted by Crippen LogP contribution is -2.24. The predicted molar refractivity (Wildman–Crippen MR) is 78.3 cm³/mol. The molecule has 6 nitrogen and oxygen atoms in total. The number of nitrogens with two attached hydrogens (primary N) is 1. The van der Waals surface area contributed by atoms with Crippen LogP contribution in [0.4, 0.5) is 0 Å². The van der Waals surface area contributed by atoms with Crippen molar-refractivity contribution in [3.63, 3.8) is 0 Å². The van der Waals surface area contributed by atoms with E-state index in [1.54, 1.807) is 4.57 Å². The third kappa shape index (κ3) is 3.85. The summed E-state index contributed by atoms with van der Waals surface area (Å²) in [6.07, 6.45) is 5.12. The highest BCUT2D eigenvalue weighted by Crippen LogP contribution is 2.26. The smallest absolute Gasteiger partial charge is 0.355 e. The SMILES string of the molecule is CCn1cc(S(N)(=O)=O)cc1C(=O)OC1CCC(C)CC1. The first-order chi connectivity index (χ1) is 9.81. The van der Waals surface area contributed by atoms with Crippen LogP contribution in [0.5, 0.6) is 0 Å². The van der Waals surface area contributed by atoms with Gasteiger partial charge in [-0.25, -0.2) is 18.4 Å². The van der Waals surface area contributed by atoms with E-state index in [-0.39, 0.29) is 16.7 Å². The van der Waals surface area contributed by atoms with E-state index in [0.29, 0.717) is 12.5 Å². The second-order valence-electron chi connectivity index (χ2n) is 5.68. The van der Waals surface area contributed by atoms with Crippen molar-refractivity contribution in [1.82, 2.24) is 4.57 Å². The minimum atomic E-state index is -3.82. The summed E-state index contributed by atoms with van der Waals surface area (Å²) >= 11 is 0. The fraction of sp³-hybridized carbons (Fsp3) is 0.643. The van der Waals surface area contributed by atoms with Crippen molar-refractivity contribution in [3.8, 4) is 0 Å². The van der Waals surface area contributed by atoms with Crippen molar-refractivity contribution < 1.29 is 17.9 Å². The zero-order valence-electron chi connectivity index (χ0n) is 12.4. The standard InChI is InChI=1S/C14H22N2O4S/c1-3-16-9-12(21(15,18)19)8-13(16)14(17)20-11-6-4-10(2)5-7-11/h8-11H,3-7H2,1-2H3,(H2,15,18,19). The minimum absolute atomic E-state index is 0.0615. The number of rotatable bonds is 4. The van der Waals surface area contributed by atoms with E-state index < -0.39 is 16.0 Å². The van der Waals surface area contributed by atoms with E-state index in [9.17, 15) is 13.2 Å². The second kappa shape index (κ2) is 6.19. The lowest BCUT2D eigenvalue weighted by molar-refractivity contribution is 0.0162. The van der Waals surface area contributed by atoms with Crippen molar-refractivity contribution in [3.05, 3.63) is 18.0 Å². The average molecular weight is 314 g/mol. The van der Waals surface area contributed by atoms with Gasteiger partial charge in [0.05, 0.1) is 0 Å². The molecule has 0 radical (unpaired) electrons.